The van der Waals surface area contributed by atoms with Gasteiger partial charge >= 0.3 is 0 Å². The van der Waals surface area contributed by atoms with E-state index >= 15 is 0 Å². The Hall–Kier alpha value is -2.41. The zero-order chi connectivity index (χ0) is 17.0. The first-order chi connectivity index (χ1) is 10.8. The van der Waals surface area contributed by atoms with Crippen LogP contribution >= 0.6 is 0 Å². The molecule has 0 aliphatic carbocycles. The molecule has 0 saturated heterocycles. The number of nitrogens with zero attached hydrogens (tertiary/aromatic N) is 1. The van der Waals surface area contributed by atoms with Crippen LogP contribution in [0.4, 0.5) is 5.69 Å². The molecule has 0 aliphatic rings. The van der Waals surface area contributed by atoms with E-state index in [1.807, 2.05) is 6.92 Å². The van der Waals surface area contributed by atoms with Gasteiger partial charge in [0.25, 0.3) is 5.69 Å². The number of aryl methyl sites for hydroxylation is 1. The highest BCUT2D eigenvalue weighted by Gasteiger charge is 2.14. The highest BCUT2D eigenvalue weighted by molar-refractivity contribution is 7.90. The van der Waals surface area contributed by atoms with E-state index in [1.54, 1.807) is 18.2 Å². The Kier molecular flexibility index (Phi) is 5.00. The summed E-state index contributed by atoms with van der Waals surface area (Å²) in [6, 6.07) is 10.7. The van der Waals surface area contributed by atoms with Gasteiger partial charge in [0.2, 0.25) is 0 Å². The van der Waals surface area contributed by atoms with Gasteiger partial charge in [0, 0.05) is 17.9 Å². The van der Waals surface area contributed by atoms with Gasteiger partial charge < -0.3 is 4.74 Å². The van der Waals surface area contributed by atoms with Gasteiger partial charge in [0.05, 0.1) is 9.82 Å². The fourth-order valence-corrected chi connectivity index (χ4v) is 2.83. The maximum Gasteiger partial charge on any atom is 0.272 e. The summed E-state index contributed by atoms with van der Waals surface area (Å²) in [4.78, 5) is 10.8. The van der Waals surface area contributed by atoms with Crippen LogP contribution in [0.15, 0.2) is 47.4 Å². The normalized spacial score (nSPS) is 11.2. The lowest BCUT2D eigenvalue weighted by atomic mass is 10.1. The van der Waals surface area contributed by atoms with Crippen molar-refractivity contribution >= 4 is 15.5 Å². The van der Waals surface area contributed by atoms with Gasteiger partial charge in [0.1, 0.15) is 11.5 Å². The van der Waals surface area contributed by atoms with Gasteiger partial charge in [0.15, 0.2) is 9.84 Å². The summed E-state index contributed by atoms with van der Waals surface area (Å²) in [6.45, 7) is 1.94. The van der Waals surface area contributed by atoms with E-state index in [-0.39, 0.29) is 10.6 Å². The quantitative estimate of drug-likeness (QED) is 0.593. The van der Waals surface area contributed by atoms with Gasteiger partial charge in [-0.3, -0.25) is 10.1 Å². The van der Waals surface area contributed by atoms with Crippen LogP contribution in [0.2, 0.25) is 0 Å². The van der Waals surface area contributed by atoms with Crippen LogP contribution in [0.25, 0.3) is 0 Å². The smallest absolute Gasteiger partial charge is 0.272 e. The molecule has 0 fully saturated rings. The number of nitro groups is 1. The minimum Gasteiger partial charge on any atom is -0.457 e. The molecule has 0 radical (unpaired) electrons. The number of ether oxygens (including phenoxy) is 1. The molecular formula is C16H17NO5S. The summed E-state index contributed by atoms with van der Waals surface area (Å²) in [6.07, 6.45) is 2.46. The minimum absolute atomic E-state index is 0.0593. The molecule has 0 N–H and O–H groups in total. The SMILES string of the molecule is CCCc1cc(Oc2cccc(S(C)(=O)=O)c2)ccc1[N+](=O)[O-]. The predicted octanol–water partition coefficient (Wildman–Crippen LogP) is 3.74. The van der Waals surface area contributed by atoms with Gasteiger partial charge in [-0.2, -0.15) is 0 Å². The Labute approximate surface area is 134 Å². The molecule has 2 aromatic rings. The number of sulfone groups is 1. The summed E-state index contributed by atoms with van der Waals surface area (Å²) in [5, 5.41) is 11.0. The Balaban J connectivity index is 2.34. The number of nitro benzene ring substituents is 1. The average Bonchev–Trinajstić information content (AvgIpc) is 2.47. The molecule has 0 atom stereocenters. The van der Waals surface area contributed by atoms with Crippen LogP contribution in [0.3, 0.4) is 0 Å². The van der Waals surface area contributed by atoms with E-state index in [2.05, 4.69) is 0 Å². The Bertz CT molecular complexity index is 830. The van der Waals surface area contributed by atoms with Crippen molar-refractivity contribution in [3.63, 3.8) is 0 Å². The van der Waals surface area contributed by atoms with Crippen molar-refractivity contribution < 1.29 is 18.1 Å². The largest absolute Gasteiger partial charge is 0.457 e. The van der Waals surface area contributed by atoms with E-state index in [1.165, 1.54) is 24.3 Å². The molecule has 2 aromatic carbocycles. The molecular weight excluding hydrogens is 318 g/mol. The molecule has 0 saturated carbocycles. The summed E-state index contributed by atoms with van der Waals surface area (Å²) in [7, 11) is -3.32. The maximum absolute atomic E-state index is 11.6. The van der Waals surface area contributed by atoms with Gasteiger partial charge in [-0.15, -0.1) is 0 Å². The van der Waals surface area contributed by atoms with Crippen LogP contribution in [0.5, 0.6) is 11.5 Å². The Morgan fingerprint density at radius 3 is 2.43 bits per heavy atom. The molecule has 0 spiro atoms. The lowest BCUT2D eigenvalue weighted by Gasteiger charge is -2.09. The predicted molar refractivity (Wildman–Crippen MR) is 86.7 cm³/mol. The first-order valence-corrected chi connectivity index (χ1v) is 8.95. The van der Waals surface area contributed by atoms with Crippen molar-refractivity contribution in [2.45, 2.75) is 24.7 Å². The molecule has 0 unspecified atom stereocenters. The summed E-state index contributed by atoms with van der Waals surface area (Å²) in [5.74, 6) is 0.800. The third-order valence-electron chi connectivity index (χ3n) is 3.24. The zero-order valence-electron chi connectivity index (χ0n) is 12.9. The molecule has 0 aromatic heterocycles. The summed E-state index contributed by atoms with van der Waals surface area (Å²) in [5.41, 5.74) is 0.651. The molecule has 23 heavy (non-hydrogen) atoms. The topological polar surface area (TPSA) is 86.5 Å². The van der Waals surface area contributed by atoms with E-state index in [9.17, 15) is 18.5 Å². The maximum atomic E-state index is 11.6. The van der Waals surface area contributed by atoms with E-state index in [0.29, 0.717) is 23.5 Å². The van der Waals surface area contributed by atoms with Crippen LogP contribution in [-0.4, -0.2) is 19.6 Å². The number of rotatable bonds is 6. The van der Waals surface area contributed by atoms with Crippen molar-refractivity contribution in [1.29, 1.82) is 0 Å². The van der Waals surface area contributed by atoms with Crippen molar-refractivity contribution in [2.75, 3.05) is 6.26 Å². The lowest BCUT2D eigenvalue weighted by Crippen LogP contribution is -1.98. The van der Waals surface area contributed by atoms with Gasteiger partial charge in [-0.1, -0.05) is 19.4 Å². The van der Waals surface area contributed by atoms with Gasteiger partial charge in [-0.05, 0) is 36.8 Å². The first-order valence-electron chi connectivity index (χ1n) is 7.06. The second kappa shape index (κ2) is 6.78. The highest BCUT2D eigenvalue weighted by atomic mass is 32.2. The van der Waals surface area contributed by atoms with Crippen molar-refractivity contribution in [3.05, 3.63) is 58.1 Å². The zero-order valence-corrected chi connectivity index (χ0v) is 13.7. The second-order valence-corrected chi connectivity index (χ2v) is 7.16. The first kappa shape index (κ1) is 17.0. The molecule has 6 nitrogen and oxygen atoms in total. The number of benzene rings is 2. The van der Waals surface area contributed by atoms with Gasteiger partial charge in [-0.25, -0.2) is 8.42 Å². The van der Waals surface area contributed by atoms with Crippen molar-refractivity contribution in [3.8, 4) is 11.5 Å². The van der Waals surface area contributed by atoms with Crippen LogP contribution < -0.4 is 4.74 Å². The monoisotopic (exact) mass is 335 g/mol. The summed E-state index contributed by atoms with van der Waals surface area (Å²) < 4.78 is 28.8. The van der Waals surface area contributed by atoms with Crippen LogP contribution in [0, 0.1) is 10.1 Å². The molecule has 0 bridgehead atoms. The molecule has 7 heteroatoms. The Morgan fingerprint density at radius 2 is 1.83 bits per heavy atom. The standard InChI is InChI=1S/C16H17NO5S/c1-3-5-12-10-14(8-9-16(12)17(18)19)22-13-6-4-7-15(11-13)23(2,20)21/h4,6-11H,3,5H2,1-2H3. The third-order valence-corrected chi connectivity index (χ3v) is 4.35. The molecule has 122 valence electrons. The fraction of sp³-hybridized carbons (Fsp3) is 0.250. The highest BCUT2D eigenvalue weighted by Crippen LogP contribution is 2.29. The average molecular weight is 335 g/mol. The molecule has 0 heterocycles. The second-order valence-electron chi connectivity index (χ2n) is 5.15. The van der Waals surface area contributed by atoms with E-state index < -0.39 is 14.8 Å². The lowest BCUT2D eigenvalue weighted by molar-refractivity contribution is -0.385. The summed E-state index contributed by atoms with van der Waals surface area (Å²) >= 11 is 0. The van der Waals surface area contributed by atoms with E-state index in [0.717, 1.165) is 12.7 Å². The molecule has 0 amide bonds. The number of hydrogen-bond donors (Lipinski definition) is 0. The van der Waals surface area contributed by atoms with Crippen molar-refractivity contribution in [1.82, 2.24) is 0 Å². The third kappa shape index (κ3) is 4.29. The fourth-order valence-electron chi connectivity index (χ4n) is 2.18. The minimum atomic E-state index is -3.32. The van der Waals surface area contributed by atoms with E-state index in [4.69, 9.17) is 4.74 Å². The van der Waals surface area contributed by atoms with Crippen molar-refractivity contribution in [2.24, 2.45) is 0 Å². The molecule has 2 rings (SSSR count). The Morgan fingerprint density at radius 1 is 1.13 bits per heavy atom. The van der Waals surface area contributed by atoms with Crippen LogP contribution in [-0.2, 0) is 16.3 Å². The number of hydrogen-bond acceptors (Lipinski definition) is 5. The van der Waals surface area contributed by atoms with Crippen LogP contribution in [0.1, 0.15) is 18.9 Å². The molecule has 0 aliphatic heterocycles.